The van der Waals surface area contributed by atoms with Crippen molar-refractivity contribution in [1.29, 1.82) is 0 Å². The van der Waals surface area contributed by atoms with E-state index in [1.165, 1.54) is 6.08 Å². The molecule has 2 rings (SSSR count). The molecular formula is C33H45FN2O5. The molecule has 0 amide bonds. The smallest absolute Gasteiger partial charge is 0.306 e. The fourth-order valence-electron chi connectivity index (χ4n) is 4.76. The summed E-state index contributed by atoms with van der Waals surface area (Å²) >= 11 is 0. The highest BCUT2D eigenvalue weighted by Crippen LogP contribution is 2.34. The molecule has 0 bridgehead atoms. The van der Waals surface area contributed by atoms with Crippen molar-refractivity contribution in [3.63, 3.8) is 0 Å². The number of Topliss-reactive ketones (excluding diaryl/α,β-unsaturated/α-hetero) is 1. The molecule has 2 aliphatic heterocycles. The Morgan fingerprint density at radius 3 is 2.56 bits per heavy atom. The number of ether oxygens (including phenoxy) is 2. The Hall–Kier alpha value is -3.11. The van der Waals surface area contributed by atoms with Crippen LogP contribution in [0.5, 0.6) is 0 Å². The third-order valence-electron chi connectivity index (χ3n) is 7.12. The van der Waals surface area contributed by atoms with Crippen LogP contribution in [0.25, 0.3) is 0 Å². The molecule has 0 aliphatic carbocycles. The molecule has 41 heavy (non-hydrogen) atoms. The van der Waals surface area contributed by atoms with Crippen LogP contribution in [0.15, 0.2) is 50.7 Å². The molecule has 0 aromatic rings. The predicted octanol–water partition coefficient (Wildman–Crippen LogP) is 6.66. The zero-order valence-electron chi connectivity index (χ0n) is 25.0. The number of nitrogens with zero attached hydrogens (tertiary/aromatic N) is 2. The zero-order chi connectivity index (χ0) is 30.3. The number of ketones is 1. The molecule has 1 N–H and O–H groups in total. The van der Waals surface area contributed by atoms with Gasteiger partial charge >= 0.3 is 5.97 Å². The molecular weight excluding hydrogens is 523 g/mol. The summed E-state index contributed by atoms with van der Waals surface area (Å²) in [7, 11) is 0. The van der Waals surface area contributed by atoms with Crippen LogP contribution >= 0.6 is 0 Å². The molecule has 1 fully saturated rings. The van der Waals surface area contributed by atoms with Gasteiger partial charge in [0, 0.05) is 25.5 Å². The first-order valence-electron chi connectivity index (χ1n) is 14.8. The van der Waals surface area contributed by atoms with Crippen LogP contribution in [0.1, 0.15) is 105 Å². The van der Waals surface area contributed by atoms with E-state index >= 15 is 0 Å². The van der Waals surface area contributed by atoms with Gasteiger partial charge in [-0.3, -0.25) is 14.6 Å². The van der Waals surface area contributed by atoms with Crippen molar-refractivity contribution in [3.8, 4) is 12.3 Å². The van der Waals surface area contributed by atoms with Gasteiger partial charge in [0.05, 0.1) is 30.5 Å². The normalized spacial score (nSPS) is 22.9. The summed E-state index contributed by atoms with van der Waals surface area (Å²) in [6.07, 6.45) is 18.0. The van der Waals surface area contributed by atoms with E-state index in [0.29, 0.717) is 23.3 Å². The van der Waals surface area contributed by atoms with Gasteiger partial charge in [-0.25, -0.2) is 4.99 Å². The lowest BCUT2D eigenvalue weighted by molar-refractivity contribution is -0.157. The van der Waals surface area contributed by atoms with Gasteiger partial charge in [-0.15, -0.1) is 6.42 Å². The molecule has 0 unspecified atom stereocenters. The van der Waals surface area contributed by atoms with E-state index in [9.17, 15) is 19.1 Å². The van der Waals surface area contributed by atoms with Crippen molar-refractivity contribution in [2.75, 3.05) is 6.61 Å². The number of aliphatic hydroxyl groups is 1. The largest absolute Gasteiger partial charge is 0.458 e. The number of esters is 1. The second-order valence-corrected chi connectivity index (χ2v) is 10.7. The number of carbonyl (C=O) groups is 2. The molecule has 0 saturated carbocycles. The van der Waals surface area contributed by atoms with Crippen LogP contribution < -0.4 is 0 Å². The average Bonchev–Trinajstić information content (AvgIpc) is 3.21. The third-order valence-corrected chi connectivity index (χ3v) is 7.12. The van der Waals surface area contributed by atoms with E-state index in [0.717, 1.165) is 51.4 Å². The van der Waals surface area contributed by atoms with Crippen LogP contribution in [0.2, 0.25) is 0 Å². The van der Waals surface area contributed by atoms with E-state index in [-0.39, 0.29) is 36.7 Å². The predicted molar refractivity (Wildman–Crippen MR) is 160 cm³/mol. The number of rotatable bonds is 17. The minimum atomic E-state index is -1.43. The number of carbonyl (C=O) groups excluding carboxylic acids is 2. The Bertz CT molecular complexity index is 1150. The average molecular weight is 569 g/mol. The fraction of sp³-hybridized carbons (Fsp3) is 0.606. The minimum Gasteiger partial charge on any atom is -0.458 e. The van der Waals surface area contributed by atoms with Gasteiger partial charge in [-0.1, -0.05) is 70.1 Å². The van der Waals surface area contributed by atoms with E-state index in [1.54, 1.807) is 19.2 Å². The fourth-order valence-corrected chi connectivity index (χ4v) is 4.76. The van der Waals surface area contributed by atoms with E-state index in [4.69, 9.17) is 15.9 Å². The maximum Gasteiger partial charge on any atom is 0.306 e. The zero-order valence-corrected chi connectivity index (χ0v) is 25.0. The molecule has 3 atom stereocenters. The van der Waals surface area contributed by atoms with Crippen LogP contribution in [0.3, 0.4) is 0 Å². The summed E-state index contributed by atoms with van der Waals surface area (Å²) in [5.74, 6) is 1.33. The molecule has 7 nitrogen and oxygen atoms in total. The van der Waals surface area contributed by atoms with Gasteiger partial charge in [-0.05, 0) is 43.9 Å². The maximum atomic E-state index is 14.2. The molecule has 224 valence electrons. The number of hydrogen-bond donors (Lipinski definition) is 1. The first kappa shape index (κ1) is 34.1. The first-order valence-corrected chi connectivity index (χ1v) is 14.8. The van der Waals surface area contributed by atoms with Crippen LogP contribution in [-0.4, -0.2) is 53.2 Å². The molecule has 0 aromatic heterocycles. The monoisotopic (exact) mass is 568 g/mol. The standard InChI is InChI=1S/C33H45FN2O5/c1-6-9-11-13-15-26(38)20-28-32(25(5)17-18-30(34)36-28)35-22-24(4)19-27-21-29(33(8-3,23-37)41-27)40-31(39)16-14-12-10-7-2/h3,17,19,22,27,29,37H,6-7,9-16,20-21,23H2,1-2,4-5H3/b24-19-,35-22?/t27-,29-,33+/m0/s1. The molecule has 0 aromatic carbocycles. The van der Waals surface area contributed by atoms with Gasteiger partial charge in [0.15, 0.2) is 5.60 Å². The van der Waals surface area contributed by atoms with Crippen molar-refractivity contribution in [1.82, 2.24) is 0 Å². The number of aliphatic hydroxyl groups excluding tert-OH is 1. The Morgan fingerprint density at radius 1 is 1.24 bits per heavy atom. The number of aliphatic imine (C=N–C) groups is 2. The van der Waals surface area contributed by atoms with Gasteiger partial charge < -0.3 is 14.6 Å². The first-order chi connectivity index (χ1) is 19.7. The third kappa shape index (κ3) is 11.0. The molecule has 0 spiro atoms. The Labute approximate surface area is 244 Å². The second-order valence-electron chi connectivity index (χ2n) is 10.7. The lowest BCUT2D eigenvalue weighted by Gasteiger charge is -2.26. The van der Waals surface area contributed by atoms with Crippen molar-refractivity contribution in [2.45, 2.75) is 123 Å². The van der Waals surface area contributed by atoms with Crippen LogP contribution in [0, 0.1) is 12.3 Å². The molecule has 1 saturated heterocycles. The highest BCUT2D eigenvalue weighted by Gasteiger charge is 2.49. The summed E-state index contributed by atoms with van der Waals surface area (Å²) in [6.45, 7) is 7.30. The van der Waals surface area contributed by atoms with E-state index in [1.807, 2.05) is 6.92 Å². The number of hydrogen-bond acceptors (Lipinski definition) is 7. The number of allylic oxidation sites excluding steroid dienone is 4. The topological polar surface area (TPSA) is 97.6 Å². The Morgan fingerprint density at radius 2 is 1.93 bits per heavy atom. The van der Waals surface area contributed by atoms with E-state index in [2.05, 4.69) is 35.5 Å². The summed E-state index contributed by atoms with van der Waals surface area (Å²) < 4.78 is 25.8. The number of halogens is 1. The van der Waals surface area contributed by atoms with Crippen LogP contribution in [0.4, 0.5) is 4.39 Å². The lowest BCUT2D eigenvalue weighted by atomic mass is 9.97. The van der Waals surface area contributed by atoms with Crippen molar-refractivity contribution in [2.24, 2.45) is 9.98 Å². The SMILES string of the molecule is C#C[C@]1(CO)O[C@@H](/C=C(/C)C=NC2=C(C)C=C=C(F)N=C2CC(=O)CCCCCC)C[C@@H]1OC(=O)CCCCCC. The number of unbranched alkanes of at least 4 members (excludes halogenated alkanes) is 6. The summed E-state index contributed by atoms with van der Waals surface area (Å²) in [5.41, 5.74) is 3.06. The second kappa shape index (κ2) is 17.6. The maximum absolute atomic E-state index is 14.2. The number of terminal acetylenes is 1. The van der Waals surface area contributed by atoms with Crippen molar-refractivity contribution < 1.29 is 28.6 Å². The summed E-state index contributed by atoms with van der Waals surface area (Å²) in [4.78, 5) is 33.6. The van der Waals surface area contributed by atoms with Crippen molar-refractivity contribution in [3.05, 3.63) is 40.7 Å². The van der Waals surface area contributed by atoms with Gasteiger partial charge in [0.25, 0.3) is 5.95 Å². The molecule has 0 radical (unpaired) electrons. The van der Waals surface area contributed by atoms with Crippen LogP contribution in [-0.2, 0) is 19.1 Å². The van der Waals surface area contributed by atoms with Crippen molar-refractivity contribution >= 4 is 23.7 Å². The Balaban J connectivity index is 2.13. The quantitative estimate of drug-likeness (QED) is 0.0528. The van der Waals surface area contributed by atoms with Gasteiger partial charge in [-0.2, -0.15) is 4.39 Å². The Kier molecular flexibility index (Phi) is 14.7. The molecule has 2 aliphatic rings. The molecule has 8 heteroatoms. The lowest BCUT2D eigenvalue weighted by Crippen LogP contribution is -2.44. The highest BCUT2D eigenvalue weighted by atomic mass is 19.1. The minimum absolute atomic E-state index is 0.0118. The van der Waals surface area contributed by atoms with E-state index < -0.39 is 30.4 Å². The molecule has 2 heterocycles. The highest BCUT2D eigenvalue weighted by molar-refractivity contribution is 6.12. The summed E-state index contributed by atoms with van der Waals surface area (Å²) in [5, 5.41) is 10.0. The van der Waals surface area contributed by atoms with Gasteiger partial charge in [0.2, 0.25) is 0 Å². The van der Waals surface area contributed by atoms with Gasteiger partial charge in [0.1, 0.15) is 11.9 Å². The summed E-state index contributed by atoms with van der Waals surface area (Å²) in [6, 6.07) is 0.